The van der Waals surface area contributed by atoms with Crippen LogP contribution in [0.25, 0.3) is 0 Å². The first-order valence-electron chi connectivity index (χ1n) is 6.51. The first-order valence-corrected chi connectivity index (χ1v) is 6.89. The number of ether oxygens (including phenoxy) is 1. The molecule has 0 bridgehead atoms. The van der Waals surface area contributed by atoms with Crippen LogP contribution in [0, 0.1) is 0 Å². The normalized spacial score (nSPS) is 12.6. The quantitative estimate of drug-likeness (QED) is 0.795. The Morgan fingerprint density at radius 3 is 2.95 bits per heavy atom. The zero-order valence-electron chi connectivity index (χ0n) is 11.4. The third-order valence-electron chi connectivity index (χ3n) is 2.97. The Bertz CT molecular complexity index is 545. The van der Waals surface area contributed by atoms with Gasteiger partial charge in [-0.2, -0.15) is 4.98 Å². The molecule has 108 valence electrons. The highest BCUT2D eigenvalue weighted by Crippen LogP contribution is 2.19. The van der Waals surface area contributed by atoms with Gasteiger partial charge in [-0.25, -0.2) is 0 Å². The molecule has 1 unspecified atom stereocenters. The van der Waals surface area contributed by atoms with Gasteiger partial charge in [-0.1, -0.05) is 35.0 Å². The van der Waals surface area contributed by atoms with Crippen LogP contribution in [0.15, 0.2) is 28.8 Å². The number of hydrogen-bond acceptors (Lipinski definition) is 5. The summed E-state index contributed by atoms with van der Waals surface area (Å²) >= 11 is 6.10. The van der Waals surface area contributed by atoms with Gasteiger partial charge in [-0.15, -0.1) is 0 Å². The standard InChI is InChI=1S/C14H18ClN3O2/c1-19-8-4-7-12(16)14-17-13(18-20-14)9-10-5-2-3-6-11(10)15/h2-3,5-6,12H,4,7-9,16H2,1H3. The van der Waals surface area contributed by atoms with Crippen molar-refractivity contribution in [1.29, 1.82) is 0 Å². The van der Waals surface area contributed by atoms with Crippen LogP contribution in [0.2, 0.25) is 5.02 Å². The summed E-state index contributed by atoms with van der Waals surface area (Å²) in [6.45, 7) is 0.675. The summed E-state index contributed by atoms with van der Waals surface area (Å²) in [6.07, 6.45) is 2.15. The molecule has 0 aliphatic heterocycles. The fourth-order valence-electron chi connectivity index (χ4n) is 1.87. The molecule has 0 saturated carbocycles. The Kier molecular flexibility index (Phi) is 5.52. The predicted octanol–water partition coefficient (Wildman–Crippen LogP) is 2.74. The molecular weight excluding hydrogens is 278 g/mol. The van der Waals surface area contributed by atoms with Crippen molar-refractivity contribution in [2.75, 3.05) is 13.7 Å². The lowest BCUT2D eigenvalue weighted by molar-refractivity contribution is 0.188. The van der Waals surface area contributed by atoms with E-state index in [4.69, 9.17) is 26.6 Å². The molecule has 0 radical (unpaired) electrons. The first-order chi connectivity index (χ1) is 9.70. The molecule has 2 aromatic rings. The average Bonchev–Trinajstić information content (AvgIpc) is 2.90. The molecule has 1 atom stereocenters. The van der Waals surface area contributed by atoms with Gasteiger partial charge < -0.3 is 15.0 Å². The van der Waals surface area contributed by atoms with Crippen LogP contribution in [0.5, 0.6) is 0 Å². The number of halogens is 1. The highest BCUT2D eigenvalue weighted by Gasteiger charge is 2.15. The van der Waals surface area contributed by atoms with Gasteiger partial charge in [-0.3, -0.25) is 0 Å². The van der Waals surface area contributed by atoms with Crippen LogP contribution >= 0.6 is 11.6 Å². The molecule has 1 aromatic carbocycles. The number of rotatable bonds is 7. The number of methoxy groups -OCH3 is 1. The van der Waals surface area contributed by atoms with E-state index in [0.717, 1.165) is 18.4 Å². The second-order valence-corrected chi connectivity index (χ2v) is 4.97. The maximum absolute atomic E-state index is 6.10. The molecule has 5 nitrogen and oxygen atoms in total. The van der Waals surface area contributed by atoms with Gasteiger partial charge in [0.25, 0.3) is 0 Å². The Morgan fingerprint density at radius 2 is 2.20 bits per heavy atom. The summed E-state index contributed by atoms with van der Waals surface area (Å²) in [5.74, 6) is 1.05. The van der Waals surface area contributed by atoms with Crippen LogP contribution in [0.1, 0.15) is 36.2 Å². The second-order valence-electron chi connectivity index (χ2n) is 4.56. The zero-order chi connectivity index (χ0) is 14.4. The SMILES string of the molecule is COCCCC(N)c1nc(Cc2ccccc2Cl)no1. The number of nitrogens with zero attached hydrogens (tertiary/aromatic N) is 2. The van der Waals surface area contributed by atoms with Crippen molar-refractivity contribution in [3.8, 4) is 0 Å². The van der Waals surface area contributed by atoms with Crippen LogP contribution < -0.4 is 5.73 Å². The average molecular weight is 296 g/mol. The maximum atomic E-state index is 6.10. The van der Waals surface area contributed by atoms with Gasteiger partial charge in [0.05, 0.1) is 6.04 Å². The number of aromatic nitrogens is 2. The molecule has 0 saturated heterocycles. The Morgan fingerprint density at radius 1 is 1.40 bits per heavy atom. The minimum absolute atomic E-state index is 0.252. The van der Waals surface area contributed by atoms with Gasteiger partial charge in [0.15, 0.2) is 5.82 Å². The van der Waals surface area contributed by atoms with E-state index >= 15 is 0 Å². The summed E-state index contributed by atoms with van der Waals surface area (Å²) in [6, 6.07) is 7.35. The van der Waals surface area contributed by atoms with E-state index in [0.29, 0.717) is 29.8 Å². The lowest BCUT2D eigenvalue weighted by Crippen LogP contribution is -2.11. The summed E-state index contributed by atoms with van der Waals surface area (Å²) in [4.78, 5) is 4.32. The molecule has 1 aromatic heterocycles. The number of hydrogen-bond donors (Lipinski definition) is 1. The molecule has 2 rings (SSSR count). The van der Waals surface area contributed by atoms with E-state index in [1.54, 1.807) is 7.11 Å². The van der Waals surface area contributed by atoms with E-state index in [9.17, 15) is 0 Å². The number of benzene rings is 1. The molecule has 1 heterocycles. The third-order valence-corrected chi connectivity index (χ3v) is 3.34. The lowest BCUT2D eigenvalue weighted by Gasteiger charge is -2.05. The van der Waals surface area contributed by atoms with Gasteiger partial charge in [0.1, 0.15) is 0 Å². The molecular formula is C14H18ClN3O2. The van der Waals surface area contributed by atoms with Crippen molar-refractivity contribution < 1.29 is 9.26 Å². The van der Waals surface area contributed by atoms with Gasteiger partial charge >= 0.3 is 0 Å². The zero-order valence-corrected chi connectivity index (χ0v) is 12.1. The maximum Gasteiger partial charge on any atom is 0.243 e. The summed E-state index contributed by atoms with van der Waals surface area (Å²) in [7, 11) is 1.67. The Labute approximate surface area is 123 Å². The first kappa shape index (κ1) is 15.0. The highest BCUT2D eigenvalue weighted by molar-refractivity contribution is 6.31. The van der Waals surface area contributed by atoms with E-state index in [1.807, 2.05) is 24.3 Å². The molecule has 0 amide bonds. The fraction of sp³-hybridized carbons (Fsp3) is 0.429. The van der Waals surface area contributed by atoms with Crippen molar-refractivity contribution in [3.05, 3.63) is 46.6 Å². The topological polar surface area (TPSA) is 74.2 Å². The second kappa shape index (κ2) is 7.38. The highest BCUT2D eigenvalue weighted by atomic mass is 35.5. The van der Waals surface area contributed by atoms with Crippen molar-refractivity contribution in [1.82, 2.24) is 10.1 Å². The largest absolute Gasteiger partial charge is 0.385 e. The predicted molar refractivity (Wildman–Crippen MR) is 76.6 cm³/mol. The molecule has 6 heteroatoms. The van der Waals surface area contributed by atoms with E-state index < -0.39 is 0 Å². The monoisotopic (exact) mass is 295 g/mol. The minimum Gasteiger partial charge on any atom is -0.385 e. The third kappa shape index (κ3) is 4.03. The van der Waals surface area contributed by atoms with E-state index in [-0.39, 0.29) is 6.04 Å². The molecule has 0 spiro atoms. The molecule has 0 aliphatic rings. The molecule has 0 aliphatic carbocycles. The van der Waals surface area contributed by atoms with Crippen molar-refractivity contribution in [3.63, 3.8) is 0 Å². The number of nitrogens with two attached hydrogens (primary N) is 1. The molecule has 2 N–H and O–H groups in total. The smallest absolute Gasteiger partial charge is 0.243 e. The van der Waals surface area contributed by atoms with Gasteiger partial charge in [0, 0.05) is 25.2 Å². The van der Waals surface area contributed by atoms with Crippen molar-refractivity contribution >= 4 is 11.6 Å². The van der Waals surface area contributed by atoms with Crippen molar-refractivity contribution in [2.45, 2.75) is 25.3 Å². The van der Waals surface area contributed by atoms with Crippen LogP contribution in [0.4, 0.5) is 0 Å². The Hall–Kier alpha value is -1.43. The summed E-state index contributed by atoms with van der Waals surface area (Å²) < 4.78 is 10.2. The summed E-state index contributed by atoms with van der Waals surface area (Å²) in [5.41, 5.74) is 6.96. The molecule has 20 heavy (non-hydrogen) atoms. The van der Waals surface area contributed by atoms with Crippen LogP contribution in [-0.2, 0) is 11.2 Å². The van der Waals surface area contributed by atoms with Crippen LogP contribution in [0.3, 0.4) is 0 Å². The Balaban J connectivity index is 1.97. The van der Waals surface area contributed by atoms with Crippen molar-refractivity contribution in [2.24, 2.45) is 5.73 Å². The van der Waals surface area contributed by atoms with Crippen LogP contribution in [-0.4, -0.2) is 23.9 Å². The summed E-state index contributed by atoms with van der Waals surface area (Å²) in [5, 5.41) is 4.64. The van der Waals surface area contributed by atoms with E-state index in [2.05, 4.69) is 10.1 Å². The van der Waals surface area contributed by atoms with E-state index in [1.165, 1.54) is 0 Å². The lowest BCUT2D eigenvalue weighted by atomic mass is 10.1. The molecule has 0 fully saturated rings. The fourth-order valence-corrected chi connectivity index (χ4v) is 2.08. The van der Waals surface area contributed by atoms with Gasteiger partial charge in [-0.05, 0) is 24.5 Å². The van der Waals surface area contributed by atoms with Gasteiger partial charge in [0.2, 0.25) is 5.89 Å². The minimum atomic E-state index is -0.252.